The van der Waals surface area contributed by atoms with Crippen molar-refractivity contribution in [2.45, 2.75) is 31.9 Å². The molecule has 1 N–H and O–H groups in total. The second kappa shape index (κ2) is 8.96. The number of ketones is 1. The number of amides is 1. The van der Waals surface area contributed by atoms with Crippen LogP contribution in [-0.2, 0) is 16.0 Å². The quantitative estimate of drug-likeness (QED) is 0.405. The third kappa shape index (κ3) is 4.25. The minimum atomic E-state index is -0.695. The van der Waals surface area contributed by atoms with Gasteiger partial charge in [-0.2, -0.15) is 0 Å². The highest BCUT2D eigenvalue weighted by Crippen LogP contribution is 2.41. The highest BCUT2D eigenvalue weighted by Gasteiger charge is 2.45. The van der Waals surface area contributed by atoms with Gasteiger partial charge in [-0.3, -0.25) is 9.59 Å². The molecular formula is C25H27ClN2O4. The molecular weight excluding hydrogens is 428 g/mol. The van der Waals surface area contributed by atoms with Crippen molar-refractivity contribution in [1.29, 1.82) is 0 Å². The predicted octanol–water partition coefficient (Wildman–Crippen LogP) is 4.04. The van der Waals surface area contributed by atoms with Gasteiger partial charge in [-0.15, -0.1) is 0 Å². The maximum atomic E-state index is 13.1. The number of aliphatic hydroxyl groups excluding tert-OH is 1. The Labute approximate surface area is 193 Å². The van der Waals surface area contributed by atoms with Gasteiger partial charge in [-0.25, -0.2) is 0 Å². The average Bonchev–Trinajstić information content (AvgIpc) is 3.24. The molecule has 6 nitrogen and oxygen atoms in total. The van der Waals surface area contributed by atoms with Crippen LogP contribution < -0.4 is 4.74 Å². The number of nitrogens with zero attached hydrogens (tertiary/aromatic N) is 2. The summed E-state index contributed by atoms with van der Waals surface area (Å²) in [5, 5.41) is 11.7. The molecule has 2 heterocycles. The summed E-state index contributed by atoms with van der Waals surface area (Å²) in [5.74, 6) is -0.675. The standard InChI is InChI=1S/C25H27ClN2O4/c1-15-12-18-13-17(8-9-20(18)32-15)23(29)21-22(16-6-4-7-19(26)14-16)28(25(31)24(21)30)11-5-10-27(2)3/h4,6-9,13-15,22,29H,5,10-12H2,1-3H3/t15-,22-/m0/s1. The largest absolute Gasteiger partial charge is 0.507 e. The molecule has 0 bridgehead atoms. The van der Waals surface area contributed by atoms with E-state index in [1.165, 1.54) is 0 Å². The molecule has 0 radical (unpaired) electrons. The zero-order valence-electron chi connectivity index (χ0n) is 18.5. The highest BCUT2D eigenvalue weighted by atomic mass is 35.5. The molecule has 2 aliphatic heterocycles. The predicted molar refractivity (Wildman–Crippen MR) is 124 cm³/mol. The number of ether oxygens (including phenoxy) is 1. The Kier molecular flexibility index (Phi) is 6.26. The topological polar surface area (TPSA) is 70.1 Å². The number of hydrogen-bond acceptors (Lipinski definition) is 5. The van der Waals surface area contributed by atoms with Crippen LogP contribution >= 0.6 is 11.6 Å². The molecule has 7 heteroatoms. The second-order valence-electron chi connectivity index (χ2n) is 8.66. The van der Waals surface area contributed by atoms with Gasteiger partial charge in [0.2, 0.25) is 0 Å². The number of hydrogen-bond donors (Lipinski definition) is 1. The molecule has 2 aromatic rings. The zero-order valence-corrected chi connectivity index (χ0v) is 19.2. The number of carbonyl (C=O) groups excluding carboxylic acids is 2. The van der Waals surface area contributed by atoms with Gasteiger partial charge in [-0.05, 0) is 75.4 Å². The van der Waals surface area contributed by atoms with Crippen LogP contribution in [-0.4, -0.2) is 59.9 Å². The van der Waals surface area contributed by atoms with Gasteiger partial charge in [-0.1, -0.05) is 23.7 Å². The van der Waals surface area contributed by atoms with Crippen LogP contribution in [0.3, 0.4) is 0 Å². The lowest BCUT2D eigenvalue weighted by Gasteiger charge is -2.26. The van der Waals surface area contributed by atoms with Crippen molar-refractivity contribution in [2.24, 2.45) is 0 Å². The Morgan fingerprint density at radius 2 is 2.00 bits per heavy atom. The number of fused-ring (bicyclic) bond motifs is 1. The molecule has 32 heavy (non-hydrogen) atoms. The van der Waals surface area contributed by atoms with Gasteiger partial charge in [0.15, 0.2) is 0 Å². The van der Waals surface area contributed by atoms with Crippen molar-refractivity contribution < 1.29 is 19.4 Å². The van der Waals surface area contributed by atoms with Gasteiger partial charge in [0.25, 0.3) is 11.7 Å². The summed E-state index contributed by atoms with van der Waals surface area (Å²) in [7, 11) is 3.92. The van der Waals surface area contributed by atoms with Gasteiger partial charge in [0.1, 0.15) is 17.6 Å². The number of carbonyl (C=O) groups is 2. The number of aliphatic hydroxyl groups is 1. The lowest BCUT2D eigenvalue weighted by atomic mass is 9.94. The summed E-state index contributed by atoms with van der Waals surface area (Å²) in [6, 6.07) is 11.8. The molecule has 0 unspecified atom stereocenters. The molecule has 0 aliphatic carbocycles. The third-order valence-corrected chi connectivity index (χ3v) is 6.11. The molecule has 2 aliphatic rings. The van der Waals surface area contributed by atoms with Crippen LogP contribution in [0.4, 0.5) is 0 Å². The fourth-order valence-electron chi connectivity index (χ4n) is 4.42. The Hall–Kier alpha value is -2.83. The third-order valence-electron chi connectivity index (χ3n) is 5.88. The monoisotopic (exact) mass is 454 g/mol. The van der Waals surface area contributed by atoms with Crippen molar-refractivity contribution >= 4 is 29.1 Å². The van der Waals surface area contributed by atoms with E-state index in [0.717, 1.165) is 24.3 Å². The van der Waals surface area contributed by atoms with Crippen molar-refractivity contribution in [2.75, 3.05) is 27.2 Å². The van der Waals surface area contributed by atoms with E-state index >= 15 is 0 Å². The van der Waals surface area contributed by atoms with Crippen LogP contribution in [0.25, 0.3) is 5.76 Å². The lowest BCUT2D eigenvalue weighted by Crippen LogP contribution is -2.32. The van der Waals surface area contributed by atoms with E-state index in [9.17, 15) is 14.7 Å². The van der Waals surface area contributed by atoms with Crippen molar-refractivity contribution in [1.82, 2.24) is 9.80 Å². The van der Waals surface area contributed by atoms with E-state index in [-0.39, 0.29) is 17.4 Å². The average molecular weight is 455 g/mol. The van der Waals surface area contributed by atoms with Crippen LogP contribution in [0, 0.1) is 0 Å². The van der Waals surface area contributed by atoms with Crippen molar-refractivity contribution in [3.05, 3.63) is 69.8 Å². The van der Waals surface area contributed by atoms with E-state index in [1.807, 2.05) is 38.1 Å². The van der Waals surface area contributed by atoms with E-state index in [4.69, 9.17) is 16.3 Å². The van der Waals surface area contributed by atoms with Gasteiger partial charge >= 0.3 is 0 Å². The summed E-state index contributed by atoms with van der Waals surface area (Å²) in [5.41, 5.74) is 2.26. The van der Waals surface area contributed by atoms with Crippen LogP contribution in [0.1, 0.15) is 36.1 Å². The summed E-state index contributed by atoms with van der Waals surface area (Å²) in [4.78, 5) is 29.7. The number of likely N-dealkylation sites (tertiary alicyclic amines) is 1. The maximum absolute atomic E-state index is 13.1. The lowest BCUT2D eigenvalue weighted by molar-refractivity contribution is -0.139. The first-order chi connectivity index (χ1) is 15.3. The molecule has 0 saturated carbocycles. The molecule has 2 aromatic carbocycles. The van der Waals surface area contributed by atoms with Crippen LogP contribution in [0.5, 0.6) is 5.75 Å². The molecule has 1 amide bonds. The Morgan fingerprint density at radius 1 is 1.22 bits per heavy atom. The van der Waals surface area contributed by atoms with Crippen LogP contribution in [0.2, 0.25) is 5.02 Å². The Morgan fingerprint density at radius 3 is 2.72 bits per heavy atom. The Balaban J connectivity index is 1.78. The zero-order chi connectivity index (χ0) is 23.0. The number of Topliss-reactive ketones (excluding diaryl/α,β-unsaturated/α-hetero) is 1. The summed E-state index contributed by atoms with van der Waals surface area (Å²) < 4.78 is 5.74. The molecule has 1 fully saturated rings. The summed E-state index contributed by atoms with van der Waals surface area (Å²) >= 11 is 6.22. The smallest absolute Gasteiger partial charge is 0.295 e. The first kappa shape index (κ1) is 22.4. The van der Waals surface area contributed by atoms with Gasteiger partial charge < -0.3 is 19.6 Å². The first-order valence-electron chi connectivity index (χ1n) is 10.7. The van der Waals surface area contributed by atoms with E-state index < -0.39 is 17.7 Å². The molecule has 4 rings (SSSR count). The molecule has 168 valence electrons. The Bertz CT molecular complexity index is 1100. The highest BCUT2D eigenvalue weighted by molar-refractivity contribution is 6.46. The fraction of sp³-hybridized carbons (Fsp3) is 0.360. The first-order valence-corrected chi connectivity index (χ1v) is 11.1. The second-order valence-corrected chi connectivity index (χ2v) is 9.10. The maximum Gasteiger partial charge on any atom is 0.295 e. The SMILES string of the molecule is C[C@H]1Cc2cc(C(O)=C3C(=O)C(=O)N(CCCN(C)C)[C@H]3c3cccc(Cl)c3)ccc2O1. The number of halogens is 1. The van der Waals surface area contributed by atoms with Crippen LogP contribution in [0.15, 0.2) is 48.0 Å². The fourth-order valence-corrected chi connectivity index (χ4v) is 4.61. The van der Waals surface area contributed by atoms with Crippen molar-refractivity contribution in [3.63, 3.8) is 0 Å². The normalized spacial score (nSPS) is 21.8. The summed E-state index contributed by atoms with van der Waals surface area (Å²) in [6.07, 6.45) is 1.49. The van der Waals surface area contributed by atoms with E-state index in [2.05, 4.69) is 0 Å². The molecule has 0 aromatic heterocycles. The number of rotatable bonds is 6. The molecule has 1 saturated heterocycles. The van der Waals surface area contributed by atoms with Crippen molar-refractivity contribution in [3.8, 4) is 5.75 Å². The van der Waals surface area contributed by atoms with E-state index in [1.54, 1.807) is 35.2 Å². The molecule has 2 atom stereocenters. The molecule has 0 spiro atoms. The van der Waals surface area contributed by atoms with Gasteiger partial charge in [0.05, 0.1) is 11.6 Å². The minimum Gasteiger partial charge on any atom is -0.507 e. The minimum absolute atomic E-state index is 0.0659. The van der Waals surface area contributed by atoms with E-state index in [0.29, 0.717) is 29.1 Å². The van der Waals surface area contributed by atoms with Gasteiger partial charge in [0, 0.05) is 23.6 Å². The summed E-state index contributed by atoms with van der Waals surface area (Å²) in [6.45, 7) is 3.15. The number of benzene rings is 2.